The van der Waals surface area contributed by atoms with Crippen molar-refractivity contribution in [1.29, 1.82) is 0 Å². The molecule has 0 aliphatic carbocycles. The van der Waals surface area contributed by atoms with Crippen molar-refractivity contribution in [3.05, 3.63) is 32.8 Å². The number of benzene rings is 1. The van der Waals surface area contributed by atoms with Gasteiger partial charge in [-0.1, -0.05) is 34.8 Å². The van der Waals surface area contributed by atoms with Crippen LogP contribution in [0.3, 0.4) is 0 Å². The van der Waals surface area contributed by atoms with E-state index in [-0.39, 0.29) is 33.0 Å². The first kappa shape index (κ1) is 16.2. The summed E-state index contributed by atoms with van der Waals surface area (Å²) in [5.41, 5.74) is 5.83. The quantitative estimate of drug-likeness (QED) is 0.803. The molecule has 0 aliphatic rings. The van der Waals surface area contributed by atoms with Crippen LogP contribution in [0.5, 0.6) is 0 Å². The van der Waals surface area contributed by atoms with E-state index in [1.165, 1.54) is 12.1 Å². The molecule has 1 rings (SSSR count). The van der Waals surface area contributed by atoms with Gasteiger partial charge in [-0.2, -0.15) is 0 Å². The fraction of sp³-hybridized carbons (Fsp3) is 0.333. The molecule has 7 heteroatoms. The Morgan fingerprint density at radius 3 is 2.12 bits per heavy atom. The van der Waals surface area contributed by atoms with Crippen LogP contribution in [-0.4, -0.2) is 6.43 Å². The molecule has 92 valence electrons. The maximum atomic E-state index is 12.1. The van der Waals surface area contributed by atoms with Crippen LogP contribution in [0.4, 0.5) is 8.78 Å². The number of rotatable bonds is 3. The van der Waals surface area contributed by atoms with E-state index < -0.39 is 18.9 Å². The third-order valence-corrected chi connectivity index (χ3v) is 3.03. The molecule has 0 radical (unpaired) electrons. The zero-order chi connectivity index (χ0) is 11.6. The Bertz CT molecular complexity index is 360. The second-order valence-electron chi connectivity index (χ2n) is 2.99. The predicted molar refractivity (Wildman–Crippen MR) is 66.3 cm³/mol. The van der Waals surface area contributed by atoms with Gasteiger partial charge in [0.25, 0.3) is 0 Å². The smallest absolute Gasteiger partial charge is 0.240 e. The van der Waals surface area contributed by atoms with Gasteiger partial charge in [0.15, 0.2) is 0 Å². The lowest BCUT2D eigenvalue weighted by Gasteiger charge is -2.15. The van der Waals surface area contributed by atoms with Gasteiger partial charge in [0.1, 0.15) is 0 Å². The molecule has 0 saturated heterocycles. The monoisotopic (exact) mass is 309 g/mol. The van der Waals surface area contributed by atoms with Crippen LogP contribution in [0.25, 0.3) is 0 Å². The molecule has 0 unspecified atom stereocenters. The molecule has 1 aromatic rings. The largest absolute Gasteiger partial charge is 0.324 e. The van der Waals surface area contributed by atoms with Crippen molar-refractivity contribution in [3.63, 3.8) is 0 Å². The van der Waals surface area contributed by atoms with Crippen LogP contribution in [0.1, 0.15) is 18.0 Å². The second-order valence-corrected chi connectivity index (χ2v) is 4.18. The van der Waals surface area contributed by atoms with Crippen molar-refractivity contribution in [3.8, 4) is 0 Å². The molecule has 1 nitrogen and oxygen atoms in total. The molecule has 1 aromatic carbocycles. The zero-order valence-electron chi connectivity index (χ0n) is 7.89. The second kappa shape index (κ2) is 6.82. The molecule has 0 aliphatic heterocycles. The number of hydrogen-bond donors (Lipinski definition) is 1. The molecule has 2 N–H and O–H groups in total. The van der Waals surface area contributed by atoms with Crippen LogP contribution in [0.15, 0.2) is 12.1 Å². The summed E-state index contributed by atoms with van der Waals surface area (Å²) in [4.78, 5) is 0. The summed E-state index contributed by atoms with van der Waals surface area (Å²) in [6, 6.07) is 2.06. The Balaban J connectivity index is 0.00000225. The standard InChI is InChI=1S/C9H8Cl3F2N.ClH/c10-4-1-2-5(11)9(12)8(4)6(15)3-7(13)14;/h1-2,6-7H,3,15H2;1H/t6-;/m1./s1. The lowest BCUT2D eigenvalue weighted by molar-refractivity contribution is 0.128. The van der Waals surface area contributed by atoms with Gasteiger partial charge in [-0.3, -0.25) is 0 Å². The fourth-order valence-electron chi connectivity index (χ4n) is 1.19. The fourth-order valence-corrected chi connectivity index (χ4v) is 2.01. The summed E-state index contributed by atoms with van der Waals surface area (Å²) in [5.74, 6) is 0. The third-order valence-electron chi connectivity index (χ3n) is 1.88. The van der Waals surface area contributed by atoms with Crippen molar-refractivity contribution in [2.45, 2.75) is 18.9 Å². The average Bonchev–Trinajstić information content (AvgIpc) is 2.11. The highest BCUT2D eigenvalue weighted by Crippen LogP contribution is 2.36. The Hall–Kier alpha value is 0.200. The van der Waals surface area contributed by atoms with E-state index in [0.717, 1.165) is 0 Å². The minimum Gasteiger partial charge on any atom is -0.324 e. The molecule has 1 atom stereocenters. The zero-order valence-corrected chi connectivity index (χ0v) is 11.0. The average molecular weight is 311 g/mol. The molecule has 0 saturated carbocycles. The van der Waals surface area contributed by atoms with E-state index in [4.69, 9.17) is 40.5 Å². The van der Waals surface area contributed by atoms with E-state index in [2.05, 4.69) is 0 Å². The van der Waals surface area contributed by atoms with Gasteiger partial charge in [0.05, 0.1) is 10.0 Å². The highest BCUT2D eigenvalue weighted by atomic mass is 35.5. The van der Waals surface area contributed by atoms with Gasteiger partial charge in [-0.05, 0) is 12.1 Å². The number of halogens is 6. The first-order chi connectivity index (χ1) is 6.93. The highest BCUT2D eigenvalue weighted by Gasteiger charge is 2.19. The first-order valence-electron chi connectivity index (χ1n) is 4.10. The van der Waals surface area contributed by atoms with Gasteiger partial charge in [-0.15, -0.1) is 12.4 Å². The molecular weight excluding hydrogens is 302 g/mol. The highest BCUT2D eigenvalue weighted by molar-refractivity contribution is 6.44. The van der Waals surface area contributed by atoms with Gasteiger partial charge < -0.3 is 5.73 Å². The Morgan fingerprint density at radius 2 is 1.62 bits per heavy atom. The van der Waals surface area contributed by atoms with Crippen molar-refractivity contribution in [2.75, 3.05) is 0 Å². The number of alkyl halides is 2. The first-order valence-corrected chi connectivity index (χ1v) is 5.24. The molecule has 16 heavy (non-hydrogen) atoms. The summed E-state index contributed by atoms with van der Waals surface area (Å²) < 4.78 is 24.3. The Morgan fingerprint density at radius 1 is 1.12 bits per heavy atom. The summed E-state index contributed by atoms with van der Waals surface area (Å²) in [6.07, 6.45) is -3.01. The van der Waals surface area contributed by atoms with Crippen molar-refractivity contribution < 1.29 is 8.78 Å². The molecule has 0 bridgehead atoms. The maximum absolute atomic E-state index is 12.1. The van der Waals surface area contributed by atoms with Crippen molar-refractivity contribution >= 4 is 47.2 Å². The van der Waals surface area contributed by atoms with Crippen LogP contribution in [0, 0.1) is 0 Å². The lowest BCUT2D eigenvalue weighted by Crippen LogP contribution is -2.15. The molecule has 0 aromatic heterocycles. The molecule has 0 spiro atoms. The summed E-state index contributed by atoms with van der Waals surface area (Å²) in [6.45, 7) is 0. The van der Waals surface area contributed by atoms with E-state index in [1.807, 2.05) is 0 Å². The molecule has 0 fully saturated rings. The predicted octanol–water partition coefficient (Wildman–Crippen LogP) is 4.72. The van der Waals surface area contributed by atoms with Crippen molar-refractivity contribution in [2.24, 2.45) is 5.73 Å². The van der Waals surface area contributed by atoms with Crippen LogP contribution >= 0.6 is 47.2 Å². The van der Waals surface area contributed by atoms with E-state index >= 15 is 0 Å². The minimum absolute atomic E-state index is 0. The van der Waals surface area contributed by atoms with Gasteiger partial charge in [-0.25, -0.2) is 8.78 Å². The topological polar surface area (TPSA) is 26.0 Å². The molecular formula is C9H9Cl4F2N. The third kappa shape index (κ3) is 3.90. The van der Waals surface area contributed by atoms with E-state index in [0.29, 0.717) is 0 Å². The maximum Gasteiger partial charge on any atom is 0.240 e. The van der Waals surface area contributed by atoms with Crippen molar-refractivity contribution in [1.82, 2.24) is 0 Å². The Kier molecular flexibility index (Phi) is 6.90. The minimum atomic E-state index is -2.51. The molecule has 0 amide bonds. The van der Waals surface area contributed by atoms with Crippen LogP contribution in [0.2, 0.25) is 15.1 Å². The van der Waals surface area contributed by atoms with Crippen LogP contribution in [-0.2, 0) is 0 Å². The van der Waals surface area contributed by atoms with E-state index in [9.17, 15) is 8.78 Å². The van der Waals surface area contributed by atoms with Crippen LogP contribution < -0.4 is 5.73 Å². The SMILES string of the molecule is Cl.N[C@H](CC(F)F)c1c(Cl)ccc(Cl)c1Cl. The van der Waals surface area contributed by atoms with E-state index in [1.54, 1.807) is 0 Å². The van der Waals surface area contributed by atoms with Gasteiger partial charge in [0, 0.05) is 23.0 Å². The summed E-state index contributed by atoms with van der Waals surface area (Å²) >= 11 is 17.4. The lowest BCUT2D eigenvalue weighted by atomic mass is 10.0. The number of hydrogen-bond acceptors (Lipinski definition) is 1. The normalized spacial score (nSPS) is 12.4. The van der Waals surface area contributed by atoms with Gasteiger partial charge >= 0.3 is 0 Å². The summed E-state index contributed by atoms with van der Waals surface area (Å²) in [7, 11) is 0. The van der Waals surface area contributed by atoms with Gasteiger partial charge in [0.2, 0.25) is 6.43 Å². The summed E-state index contributed by atoms with van der Waals surface area (Å²) in [5, 5.41) is 0.635. The Labute approximate surface area is 113 Å². The number of nitrogens with two attached hydrogens (primary N) is 1. The molecule has 0 heterocycles.